The standard InChI is InChI=1S/C27H29F3N10O3/c1-36-22-24(34-26(31)40-25(22)33-23(35-40)19-3-2-10-42-19)39(27(36)41)9-6-37-4-7-38(8-5-37)18-12-20(16(29)11-15(18)28)43-21-14-32-13-17(21)30/h2-3,10-12,17,21,32H,4-9,13-14H2,1H3,(H2,31,34)/t17-,21+/m0/s1. The minimum Gasteiger partial charge on any atom is -0.483 e. The number of ether oxygens (including phenoxy) is 1. The molecule has 5 aromatic rings. The van der Waals surface area contributed by atoms with E-state index in [1.165, 1.54) is 21.4 Å². The Kier molecular flexibility index (Phi) is 6.73. The van der Waals surface area contributed by atoms with Crippen molar-refractivity contribution in [2.75, 3.05) is 56.4 Å². The van der Waals surface area contributed by atoms with Gasteiger partial charge in [0.2, 0.25) is 11.8 Å². The van der Waals surface area contributed by atoms with Crippen LogP contribution in [0.25, 0.3) is 28.4 Å². The maximum Gasteiger partial charge on any atom is 0.330 e. The number of nitrogens with one attached hydrogen (secondary N) is 1. The van der Waals surface area contributed by atoms with E-state index in [9.17, 15) is 18.0 Å². The quantitative estimate of drug-likeness (QED) is 0.283. The summed E-state index contributed by atoms with van der Waals surface area (Å²) in [5, 5.41) is 7.25. The lowest BCUT2D eigenvalue weighted by molar-refractivity contribution is 0.134. The second kappa shape index (κ2) is 10.6. The first-order valence-corrected chi connectivity index (χ1v) is 13.9. The number of furan rings is 1. The van der Waals surface area contributed by atoms with Gasteiger partial charge in [0.1, 0.15) is 17.4 Å². The topological polar surface area (TPSA) is 137 Å². The van der Waals surface area contributed by atoms with E-state index < -0.39 is 23.9 Å². The number of nitrogens with zero attached hydrogens (tertiary/aromatic N) is 8. The van der Waals surface area contributed by atoms with Crippen LogP contribution in [0.1, 0.15) is 0 Å². The fourth-order valence-electron chi connectivity index (χ4n) is 5.71. The molecule has 1 aromatic carbocycles. The molecule has 0 aliphatic carbocycles. The third kappa shape index (κ3) is 4.75. The van der Waals surface area contributed by atoms with Crippen molar-refractivity contribution >= 4 is 28.4 Å². The van der Waals surface area contributed by atoms with E-state index in [0.717, 1.165) is 6.07 Å². The van der Waals surface area contributed by atoms with Gasteiger partial charge in [0.25, 0.3) is 0 Å². The smallest absolute Gasteiger partial charge is 0.330 e. The van der Waals surface area contributed by atoms with Crippen LogP contribution in [-0.4, -0.2) is 91.7 Å². The van der Waals surface area contributed by atoms with Gasteiger partial charge in [0, 0.05) is 71.5 Å². The number of aromatic nitrogens is 6. The Balaban J connectivity index is 1.06. The van der Waals surface area contributed by atoms with Gasteiger partial charge in [-0.05, 0) is 12.1 Å². The highest BCUT2D eigenvalue weighted by atomic mass is 19.1. The van der Waals surface area contributed by atoms with Crippen LogP contribution in [0, 0.1) is 11.6 Å². The Morgan fingerprint density at radius 1 is 1.09 bits per heavy atom. The van der Waals surface area contributed by atoms with Crippen molar-refractivity contribution in [1.29, 1.82) is 0 Å². The second-order valence-electron chi connectivity index (χ2n) is 10.7. The highest BCUT2D eigenvalue weighted by Gasteiger charge is 2.30. The van der Waals surface area contributed by atoms with Crippen LogP contribution in [0.2, 0.25) is 0 Å². The number of hydrogen-bond donors (Lipinski definition) is 2. The summed E-state index contributed by atoms with van der Waals surface area (Å²) in [6.45, 7) is 3.31. The van der Waals surface area contributed by atoms with Crippen LogP contribution in [0.5, 0.6) is 5.75 Å². The van der Waals surface area contributed by atoms with Crippen LogP contribution >= 0.6 is 0 Å². The normalized spacial score (nSPS) is 19.7. The average Bonchev–Trinajstić information content (AvgIpc) is 3.79. The number of piperazine rings is 1. The summed E-state index contributed by atoms with van der Waals surface area (Å²) in [6.07, 6.45) is -0.576. The van der Waals surface area contributed by atoms with Gasteiger partial charge in [0.05, 0.1) is 12.0 Å². The zero-order valence-electron chi connectivity index (χ0n) is 23.2. The molecule has 2 aliphatic rings. The first-order chi connectivity index (χ1) is 20.8. The van der Waals surface area contributed by atoms with Gasteiger partial charge < -0.3 is 25.1 Å². The molecule has 13 nitrogen and oxygen atoms in total. The van der Waals surface area contributed by atoms with Gasteiger partial charge in [-0.1, -0.05) is 0 Å². The summed E-state index contributed by atoms with van der Waals surface area (Å²) in [7, 11) is 1.64. The Morgan fingerprint density at radius 3 is 2.63 bits per heavy atom. The molecule has 2 aliphatic heterocycles. The number of aryl methyl sites for hydroxylation is 1. The number of nitrogens with two attached hydrogens (primary N) is 1. The predicted octanol–water partition coefficient (Wildman–Crippen LogP) is 1.41. The zero-order valence-corrected chi connectivity index (χ0v) is 23.2. The third-order valence-electron chi connectivity index (χ3n) is 8.04. The number of rotatable bonds is 7. The molecule has 2 saturated heterocycles. The lowest BCUT2D eigenvalue weighted by atomic mass is 10.2. The lowest BCUT2D eigenvalue weighted by Crippen LogP contribution is -2.47. The molecule has 2 atom stereocenters. The summed E-state index contributed by atoms with van der Waals surface area (Å²) in [4.78, 5) is 26.2. The van der Waals surface area contributed by atoms with Gasteiger partial charge in [-0.25, -0.2) is 22.9 Å². The highest BCUT2D eigenvalue weighted by molar-refractivity contribution is 5.88. The number of anilines is 2. The van der Waals surface area contributed by atoms with Crippen molar-refractivity contribution in [3.8, 4) is 17.3 Å². The van der Waals surface area contributed by atoms with Crippen LogP contribution in [-0.2, 0) is 13.6 Å². The van der Waals surface area contributed by atoms with Crippen molar-refractivity contribution in [3.63, 3.8) is 0 Å². The number of benzene rings is 1. The van der Waals surface area contributed by atoms with Gasteiger partial charge in [-0.2, -0.15) is 9.50 Å². The molecule has 43 heavy (non-hydrogen) atoms. The van der Waals surface area contributed by atoms with E-state index in [2.05, 4.69) is 25.3 Å². The second-order valence-corrected chi connectivity index (χ2v) is 10.7. The number of hydrogen-bond acceptors (Lipinski definition) is 10. The van der Waals surface area contributed by atoms with Crippen molar-refractivity contribution < 1.29 is 22.3 Å². The van der Waals surface area contributed by atoms with Crippen LogP contribution in [0.4, 0.5) is 24.8 Å². The third-order valence-corrected chi connectivity index (χ3v) is 8.04. The Hall–Kier alpha value is -4.57. The van der Waals surface area contributed by atoms with Crippen molar-refractivity contribution in [2.45, 2.75) is 18.8 Å². The fraction of sp³-hybridized carbons (Fsp3) is 0.407. The maximum absolute atomic E-state index is 14.8. The zero-order chi connectivity index (χ0) is 29.8. The molecule has 0 saturated carbocycles. The highest BCUT2D eigenvalue weighted by Crippen LogP contribution is 2.31. The average molecular weight is 599 g/mol. The minimum atomic E-state index is -1.26. The number of imidazole rings is 1. The molecule has 7 rings (SSSR count). The fourth-order valence-corrected chi connectivity index (χ4v) is 5.71. The molecule has 0 spiro atoms. The van der Waals surface area contributed by atoms with Crippen LogP contribution in [0.15, 0.2) is 39.7 Å². The van der Waals surface area contributed by atoms with Gasteiger partial charge in [0.15, 0.2) is 34.8 Å². The molecule has 2 fully saturated rings. The number of halogens is 3. The molecule has 16 heteroatoms. The van der Waals surface area contributed by atoms with E-state index in [0.29, 0.717) is 67.7 Å². The van der Waals surface area contributed by atoms with Gasteiger partial charge >= 0.3 is 5.69 Å². The molecule has 3 N–H and O–H groups in total. The predicted molar refractivity (Wildman–Crippen MR) is 151 cm³/mol. The van der Waals surface area contributed by atoms with E-state index in [4.69, 9.17) is 14.9 Å². The summed E-state index contributed by atoms with van der Waals surface area (Å²) < 4.78 is 58.6. The SMILES string of the molecule is Cn1c(=O)n(CCN2CCN(c3cc(O[C@@H]4CNC[C@@H]4F)c(F)cc3F)CC2)c2nc(N)n3nc(-c4ccco4)nc3c21. The summed E-state index contributed by atoms with van der Waals surface area (Å²) in [5.41, 5.74) is 7.40. The monoisotopic (exact) mass is 598 g/mol. The number of nitrogen functional groups attached to an aromatic ring is 1. The molecule has 0 amide bonds. The van der Waals surface area contributed by atoms with E-state index in [1.807, 2.05) is 4.90 Å². The summed E-state index contributed by atoms with van der Waals surface area (Å²) in [6, 6.07) is 5.54. The Labute approximate surface area is 242 Å². The molecular formula is C27H29F3N10O3. The van der Waals surface area contributed by atoms with Gasteiger partial charge in [-0.3, -0.25) is 14.0 Å². The molecule has 0 bridgehead atoms. The molecular weight excluding hydrogens is 569 g/mol. The molecule has 226 valence electrons. The summed E-state index contributed by atoms with van der Waals surface area (Å²) in [5.74, 6) is -0.881. The first kappa shape index (κ1) is 27.3. The molecule has 0 radical (unpaired) electrons. The molecule has 4 aromatic heterocycles. The Bertz CT molecular complexity index is 1860. The molecule has 0 unspecified atom stereocenters. The lowest BCUT2D eigenvalue weighted by Gasteiger charge is -2.36. The van der Waals surface area contributed by atoms with Crippen LogP contribution < -0.4 is 26.4 Å². The maximum atomic E-state index is 14.8. The van der Waals surface area contributed by atoms with E-state index >= 15 is 0 Å². The van der Waals surface area contributed by atoms with E-state index in [-0.39, 0.29) is 36.2 Å². The van der Waals surface area contributed by atoms with Gasteiger partial charge in [-0.15, -0.1) is 5.10 Å². The number of fused-ring (bicyclic) bond motifs is 3. The van der Waals surface area contributed by atoms with Crippen molar-refractivity contribution in [1.82, 2.24) is 38.9 Å². The molecule has 6 heterocycles. The van der Waals surface area contributed by atoms with E-state index in [1.54, 1.807) is 23.7 Å². The van der Waals surface area contributed by atoms with Crippen molar-refractivity contribution in [2.24, 2.45) is 7.05 Å². The van der Waals surface area contributed by atoms with Crippen LogP contribution in [0.3, 0.4) is 0 Å². The van der Waals surface area contributed by atoms with Crippen molar-refractivity contribution in [3.05, 3.63) is 52.6 Å². The minimum absolute atomic E-state index is 0.0803. The summed E-state index contributed by atoms with van der Waals surface area (Å²) >= 11 is 0. The number of alkyl halides is 1. The largest absolute Gasteiger partial charge is 0.483 e. The Morgan fingerprint density at radius 2 is 1.91 bits per heavy atom. The first-order valence-electron chi connectivity index (χ1n) is 13.9.